The number of fused-ring (bicyclic) bond motifs is 1. The molecule has 2 saturated heterocycles. The summed E-state index contributed by atoms with van der Waals surface area (Å²) in [4.78, 5) is 12.0. The van der Waals surface area contributed by atoms with Crippen molar-refractivity contribution in [2.75, 3.05) is 13.2 Å². The molecule has 1 aromatic rings. The molecule has 0 saturated carbocycles. The highest BCUT2D eigenvalue weighted by molar-refractivity contribution is 5.85. The number of hydrogen-bond acceptors (Lipinski definition) is 16. The van der Waals surface area contributed by atoms with Crippen LogP contribution in [-0.4, -0.2) is 126 Å². The van der Waals surface area contributed by atoms with Crippen LogP contribution in [-0.2, 0) is 14.2 Å². The summed E-state index contributed by atoms with van der Waals surface area (Å²) in [6, 6.07) is 6.79. The molecule has 10 N–H and O–H groups in total. The maximum Gasteiger partial charge on any atom is 0.229 e. The summed E-state index contributed by atoms with van der Waals surface area (Å²) in [5.74, 6) is -2.02. The van der Waals surface area contributed by atoms with Gasteiger partial charge in [-0.1, -0.05) is 0 Å². The van der Waals surface area contributed by atoms with E-state index in [9.17, 15) is 55.9 Å². The van der Waals surface area contributed by atoms with Gasteiger partial charge in [-0.3, -0.25) is 4.79 Å². The predicted molar refractivity (Wildman–Crippen MR) is 146 cm³/mol. The Morgan fingerprint density at radius 3 is 1.98 bits per heavy atom. The second kappa shape index (κ2) is 13.4. The summed E-state index contributed by atoms with van der Waals surface area (Å²) in [7, 11) is 0. The van der Waals surface area contributed by atoms with Crippen molar-refractivity contribution in [1.29, 1.82) is 0 Å². The molecule has 1 aliphatic carbocycles. The van der Waals surface area contributed by atoms with E-state index in [-0.39, 0.29) is 40.8 Å². The van der Waals surface area contributed by atoms with Gasteiger partial charge in [-0.05, 0) is 24.3 Å². The molecule has 16 nitrogen and oxygen atoms in total. The third-order valence-corrected chi connectivity index (χ3v) is 7.25. The van der Waals surface area contributed by atoms with Gasteiger partial charge >= 0.3 is 0 Å². The Bertz CT molecular complexity index is 1460. The van der Waals surface area contributed by atoms with Crippen LogP contribution >= 0.6 is 12.4 Å². The molecule has 44 heavy (non-hydrogen) atoms. The van der Waals surface area contributed by atoms with E-state index in [4.69, 9.17) is 23.4 Å². The van der Waals surface area contributed by atoms with Crippen molar-refractivity contribution in [3.05, 3.63) is 46.6 Å². The number of aromatic hydroxyl groups is 3. The van der Waals surface area contributed by atoms with E-state index in [0.717, 1.165) is 24.3 Å². The van der Waals surface area contributed by atoms with Crippen LogP contribution in [0.1, 0.15) is 0 Å². The van der Waals surface area contributed by atoms with Gasteiger partial charge in [0.2, 0.25) is 6.29 Å². The lowest BCUT2D eigenvalue weighted by Gasteiger charge is -2.45. The minimum absolute atomic E-state index is 0. The summed E-state index contributed by atoms with van der Waals surface area (Å²) in [5, 5.41) is 102. The maximum atomic E-state index is 12.0. The van der Waals surface area contributed by atoms with E-state index in [1.807, 2.05) is 0 Å². The van der Waals surface area contributed by atoms with E-state index in [1.165, 1.54) is 12.1 Å². The second-order valence-electron chi connectivity index (χ2n) is 10.1. The molecule has 17 heteroatoms. The molecule has 0 spiro atoms. The van der Waals surface area contributed by atoms with Gasteiger partial charge in [-0.25, -0.2) is 0 Å². The minimum atomic E-state index is -1.90. The summed E-state index contributed by atoms with van der Waals surface area (Å²) in [6.07, 6.45) is -17.2. The Hall–Kier alpha value is -3.26. The molecule has 2 fully saturated rings. The normalized spacial score (nSPS) is 32.2. The molecule has 10 atom stereocenters. The zero-order chi connectivity index (χ0) is 31.2. The molecule has 0 amide bonds. The molecule has 0 unspecified atom stereocenters. The largest absolute Gasteiger partial charge is 0.507 e. The summed E-state index contributed by atoms with van der Waals surface area (Å²) in [6.45, 7) is -1.57. The fraction of sp³-hybridized carbons (Fsp3) is 0.444. The van der Waals surface area contributed by atoms with E-state index >= 15 is 0 Å². The highest BCUT2D eigenvalue weighted by atomic mass is 35.5. The van der Waals surface area contributed by atoms with Crippen molar-refractivity contribution >= 4 is 12.4 Å². The third-order valence-electron chi connectivity index (χ3n) is 7.25. The molecule has 3 heterocycles. The molecule has 1 aromatic carbocycles. The molecule has 0 radical (unpaired) electrons. The Morgan fingerprint density at radius 1 is 0.705 bits per heavy atom. The number of phenols is 3. The zero-order valence-electron chi connectivity index (χ0n) is 22.5. The van der Waals surface area contributed by atoms with Gasteiger partial charge < -0.3 is 74.4 Å². The van der Waals surface area contributed by atoms with Crippen molar-refractivity contribution in [1.82, 2.24) is 0 Å². The Kier molecular flexibility index (Phi) is 10.2. The minimum Gasteiger partial charge on any atom is -0.507 e. The van der Waals surface area contributed by atoms with Gasteiger partial charge in [0.25, 0.3) is 0 Å². The summed E-state index contributed by atoms with van der Waals surface area (Å²) >= 11 is 0. The maximum absolute atomic E-state index is 12.0. The van der Waals surface area contributed by atoms with Crippen molar-refractivity contribution in [3.63, 3.8) is 0 Å². The summed E-state index contributed by atoms with van der Waals surface area (Å²) in [5.41, 5.74) is -0.499. The number of aliphatic hydroxyl groups is 7. The van der Waals surface area contributed by atoms with E-state index in [2.05, 4.69) is 0 Å². The van der Waals surface area contributed by atoms with Gasteiger partial charge in [0.05, 0.1) is 18.8 Å². The van der Waals surface area contributed by atoms with E-state index in [1.54, 1.807) is 0 Å². The fourth-order valence-corrected chi connectivity index (χ4v) is 4.88. The van der Waals surface area contributed by atoms with E-state index in [0.29, 0.717) is 0 Å². The van der Waals surface area contributed by atoms with Crippen molar-refractivity contribution in [3.8, 4) is 45.6 Å². The van der Waals surface area contributed by atoms with Crippen molar-refractivity contribution in [2.45, 2.75) is 61.4 Å². The quantitative estimate of drug-likeness (QED) is 0.124. The zero-order valence-corrected chi connectivity index (χ0v) is 23.3. The average Bonchev–Trinajstić information content (AvgIpc) is 2.98. The highest BCUT2D eigenvalue weighted by Crippen LogP contribution is 2.43. The van der Waals surface area contributed by atoms with Crippen molar-refractivity contribution < 1.29 is 74.4 Å². The monoisotopic (exact) mass is 646 g/mol. The topological polar surface area (TPSA) is 269 Å². The summed E-state index contributed by atoms with van der Waals surface area (Å²) < 4.78 is 28.5. The van der Waals surface area contributed by atoms with Crippen LogP contribution in [0.3, 0.4) is 0 Å². The van der Waals surface area contributed by atoms with Crippen LogP contribution in [0.5, 0.6) is 23.0 Å². The van der Waals surface area contributed by atoms with Crippen LogP contribution < -0.4 is 10.2 Å². The van der Waals surface area contributed by atoms with Gasteiger partial charge in [-0.15, -0.1) is 12.4 Å². The van der Waals surface area contributed by atoms with Crippen LogP contribution in [0.2, 0.25) is 0 Å². The number of halogens is 1. The van der Waals surface area contributed by atoms with Crippen LogP contribution in [0.15, 0.2) is 45.6 Å². The smallest absolute Gasteiger partial charge is 0.229 e. The molecule has 242 valence electrons. The molecule has 0 aromatic heterocycles. The standard InChI is InChI=1S/C27H30O16.ClH/c28-7-17-19(34)21(36)23(38)26(41-17)43-25-22(37)20(35)18(8-29)42-27(25)40-16-6-11-13(32)4-10(30)5-15(11)39-24(16)9-1-2-12(31)14(33)3-9;/h1-6,17-23,25-29,31-38H,7-8H2;1H/t17-,18-,19-,20+,21+,22+,23-,25-,26+,27-;/m1./s1. The highest BCUT2D eigenvalue weighted by Gasteiger charge is 2.51. The molecule has 4 aliphatic rings. The second-order valence-corrected chi connectivity index (χ2v) is 10.1. The predicted octanol–water partition coefficient (Wildman–Crippen LogP) is -2.05. The Labute approximate surface area is 253 Å². The molecule has 3 aliphatic heterocycles. The Balaban J connectivity index is 0.00000442. The number of aliphatic hydroxyl groups excluding tert-OH is 7. The van der Waals surface area contributed by atoms with Crippen LogP contribution in [0.4, 0.5) is 0 Å². The first-order valence-corrected chi connectivity index (χ1v) is 13.0. The van der Waals surface area contributed by atoms with Gasteiger partial charge in [0.1, 0.15) is 54.2 Å². The Morgan fingerprint density at radius 2 is 1.34 bits per heavy atom. The first-order chi connectivity index (χ1) is 20.4. The number of benzene rings is 2. The van der Waals surface area contributed by atoms with Gasteiger partial charge in [-0.2, -0.15) is 0 Å². The number of ether oxygens (including phenoxy) is 4. The number of phenolic OH excluding ortho intramolecular Hbond substituents is 3. The molecular formula is C27H31ClO16. The first kappa shape index (κ1) is 33.6. The average molecular weight is 647 g/mol. The van der Waals surface area contributed by atoms with Crippen LogP contribution in [0, 0.1) is 0 Å². The molecule has 5 rings (SSSR count). The third kappa shape index (κ3) is 6.28. The SMILES string of the molecule is Cl.O=c1cc2oc(-c3ccc(O)c(O)c3)c(O[C@@H]3O[C@H](CO)[C@H](O)[C@H](O)[C@H]3O[C@@H]3O[C@H](CO)[C@@H](O)[C@H](O)[C@H]3O)cc-2c(O)c1. The van der Waals surface area contributed by atoms with Crippen LogP contribution in [0.25, 0.3) is 22.6 Å². The number of rotatable bonds is 7. The fourth-order valence-electron chi connectivity index (χ4n) is 4.88. The lowest BCUT2D eigenvalue weighted by molar-refractivity contribution is -0.357. The lowest BCUT2D eigenvalue weighted by Crippen LogP contribution is -2.65. The van der Waals surface area contributed by atoms with E-state index < -0.39 is 97.3 Å². The first-order valence-electron chi connectivity index (χ1n) is 13.0. The molecule has 0 bridgehead atoms. The number of hydrogen-bond donors (Lipinski definition) is 10. The van der Waals surface area contributed by atoms with Gasteiger partial charge in [0, 0.05) is 17.7 Å². The molecular weight excluding hydrogens is 616 g/mol. The lowest BCUT2D eigenvalue weighted by atomic mass is 9.97. The van der Waals surface area contributed by atoms with Gasteiger partial charge in [0.15, 0.2) is 40.8 Å². The van der Waals surface area contributed by atoms with Crippen molar-refractivity contribution in [2.24, 2.45) is 0 Å².